The van der Waals surface area contributed by atoms with Crippen molar-refractivity contribution in [2.45, 2.75) is 33.1 Å². The molecule has 0 fully saturated rings. The summed E-state index contributed by atoms with van der Waals surface area (Å²) in [5.41, 5.74) is 1.81. The fourth-order valence-corrected chi connectivity index (χ4v) is 3.67. The molecule has 1 heterocycles. The lowest BCUT2D eigenvalue weighted by molar-refractivity contribution is 0.0998. The number of thiazole rings is 1. The first-order chi connectivity index (χ1) is 9.70. The summed E-state index contributed by atoms with van der Waals surface area (Å²) in [6.07, 6.45) is 0. The van der Waals surface area contributed by atoms with Gasteiger partial charge in [0.05, 0.1) is 0 Å². The van der Waals surface area contributed by atoms with Crippen LogP contribution in [0.2, 0.25) is 0 Å². The average Bonchev–Trinajstić information content (AvgIpc) is 2.67. The highest BCUT2D eigenvalue weighted by atomic mass is 79.9. The van der Waals surface area contributed by atoms with Gasteiger partial charge in [0.1, 0.15) is 0 Å². The van der Waals surface area contributed by atoms with Crippen molar-refractivity contribution >= 4 is 33.2 Å². The van der Waals surface area contributed by atoms with E-state index in [2.05, 4.69) is 48.6 Å². The number of hydrogen-bond acceptors (Lipinski definition) is 2. The molecule has 0 aliphatic carbocycles. The van der Waals surface area contributed by atoms with Gasteiger partial charge in [0.15, 0.2) is 4.80 Å². The van der Waals surface area contributed by atoms with Crippen molar-refractivity contribution in [2.75, 3.05) is 0 Å². The Labute approximate surface area is 137 Å². The van der Waals surface area contributed by atoms with Crippen LogP contribution < -0.4 is 4.80 Å². The Balaban J connectivity index is 2.49. The Hall–Kier alpha value is -1.20. The van der Waals surface area contributed by atoms with E-state index in [4.69, 9.17) is 0 Å². The highest BCUT2D eigenvalue weighted by molar-refractivity contribution is 9.10. The Morgan fingerprint density at radius 1 is 1.33 bits per heavy atom. The molecular weight excluding hydrogens is 348 g/mol. The van der Waals surface area contributed by atoms with Crippen LogP contribution in [0.4, 0.5) is 0 Å². The molecule has 0 saturated carbocycles. The van der Waals surface area contributed by atoms with Crippen LogP contribution in [0.25, 0.3) is 0 Å². The van der Waals surface area contributed by atoms with Crippen molar-refractivity contribution in [1.29, 1.82) is 0 Å². The van der Waals surface area contributed by atoms with E-state index in [0.29, 0.717) is 5.56 Å². The van der Waals surface area contributed by atoms with Gasteiger partial charge in [-0.15, -0.1) is 11.3 Å². The third kappa shape index (κ3) is 3.52. The van der Waals surface area contributed by atoms with Gasteiger partial charge in [0.25, 0.3) is 5.91 Å². The van der Waals surface area contributed by atoms with E-state index in [1.54, 1.807) is 23.5 Å². The quantitative estimate of drug-likeness (QED) is 0.744. The van der Waals surface area contributed by atoms with Crippen LogP contribution in [-0.2, 0) is 12.5 Å². The molecule has 0 aliphatic heterocycles. The van der Waals surface area contributed by atoms with Crippen LogP contribution in [0.15, 0.2) is 33.7 Å². The van der Waals surface area contributed by atoms with E-state index < -0.39 is 0 Å². The fraction of sp³-hybridized carbons (Fsp3) is 0.375. The Morgan fingerprint density at radius 2 is 2.00 bits per heavy atom. The minimum absolute atomic E-state index is 0.0547. The van der Waals surface area contributed by atoms with Crippen molar-refractivity contribution in [1.82, 2.24) is 4.57 Å². The van der Waals surface area contributed by atoms with Gasteiger partial charge >= 0.3 is 0 Å². The van der Waals surface area contributed by atoms with Crippen LogP contribution in [0.1, 0.15) is 41.7 Å². The first-order valence-corrected chi connectivity index (χ1v) is 8.32. The molecule has 0 unspecified atom stereocenters. The van der Waals surface area contributed by atoms with Gasteiger partial charge in [0.2, 0.25) is 0 Å². The SMILES string of the molecule is Cc1c(C(C)(C)C)s/c(=N\C(=O)c2cccc(Br)c2)n1C. The van der Waals surface area contributed by atoms with E-state index in [9.17, 15) is 4.79 Å². The number of halogens is 1. The van der Waals surface area contributed by atoms with E-state index >= 15 is 0 Å². The Bertz CT molecular complexity index is 750. The van der Waals surface area contributed by atoms with Crippen LogP contribution in [0, 0.1) is 6.92 Å². The number of amides is 1. The summed E-state index contributed by atoms with van der Waals surface area (Å²) >= 11 is 4.96. The summed E-state index contributed by atoms with van der Waals surface area (Å²) in [7, 11) is 1.95. The molecule has 0 N–H and O–H groups in total. The molecule has 112 valence electrons. The average molecular weight is 367 g/mol. The fourth-order valence-electron chi connectivity index (χ4n) is 2.10. The van der Waals surface area contributed by atoms with E-state index in [1.807, 2.05) is 23.7 Å². The summed E-state index contributed by atoms with van der Waals surface area (Å²) in [5.74, 6) is -0.214. The number of hydrogen-bond donors (Lipinski definition) is 0. The van der Waals surface area contributed by atoms with Crippen LogP contribution >= 0.6 is 27.3 Å². The standard InChI is InChI=1S/C16H19BrN2OS/c1-10-13(16(2,3)4)21-15(19(10)5)18-14(20)11-7-6-8-12(17)9-11/h6-9H,1-5H3/b18-15-. The molecule has 0 saturated heterocycles. The molecule has 0 radical (unpaired) electrons. The number of aromatic nitrogens is 1. The van der Waals surface area contributed by atoms with E-state index in [1.165, 1.54) is 4.88 Å². The third-order valence-electron chi connectivity index (χ3n) is 3.26. The van der Waals surface area contributed by atoms with Gasteiger partial charge in [-0.2, -0.15) is 4.99 Å². The number of carbonyl (C=O) groups is 1. The normalized spacial score (nSPS) is 12.8. The summed E-state index contributed by atoms with van der Waals surface area (Å²) in [6.45, 7) is 8.59. The summed E-state index contributed by atoms with van der Waals surface area (Å²) in [5, 5.41) is 0. The zero-order valence-electron chi connectivity index (χ0n) is 12.9. The maximum atomic E-state index is 12.3. The van der Waals surface area contributed by atoms with Gasteiger partial charge in [-0.3, -0.25) is 4.79 Å². The third-order valence-corrected chi connectivity index (χ3v) is 5.41. The highest BCUT2D eigenvalue weighted by Gasteiger charge is 2.21. The molecule has 0 bridgehead atoms. The van der Waals surface area contributed by atoms with Crippen molar-refractivity contribution in [2.24, 2.45) is 12.0 Å². The maximum Gasteiger partial charge on any atom is 0.279 e. The Kier molecular flexibility index (Phi) is 4.54. The lowest BCUT2D eigenvalue weighted by atomic mass is 9.93. The smallest absolute Gasteiger partial charge is 0.279 e. The van der Waals surface area contributed by atoms with Crippen molar-refractivity contribution in [3.05, 3.63) is 49.7 Å². The lowest BCUT2D eigenvalue weighted by Gasteiger charge is -2.17. The van der Waals surface area contributed by atoms with Crippen molar-refractivity contribution in [3.8, 4) is 0 Å². The van der Waals surface area contributed by atoms with Gasteiger partial charge in [-0.25, -0.2) is 0 Å². The first-order valence-electron chi connectivity index (χ1n) is 6.71. The van der Waals surface area contributed by atoms with E-state index in [0.717, 1.165) is 15.0 Å². The highest BCUT2D eigenvalue weighted by Crippen LogP contribution is 2.27. The van der Waals surface area contributed by atoms with Gasteiger partial charge in [0, 0.05) is 27.7 Å². The molecule has 2 aromatic rings. The molecule has 1 aromatic carbocycles. The molecule has 1 amide bonds. The molecule has 0 spiro atoms. The van der Waals surface area contributed by atoms with Gasteiger partial charge < -0.3 is 4.57 Å². The first kappa shape index (κ1) is 16.2. The monoisotopic (exact) mass is 366 g/mol. The molecule has 0 aliphatic rings. The molecule has 0 atom stereocenters. The maximum absolute atomic E-state index is 12.3. The molecular formula is C16H19BrN2OS. The number of carbonyl (C=O) groups excluding carboxylic acids is 1. The lowest BCUT2D eigenvalue weighted by Crippen LogP contribution is -2.15. The predicted octanol–water partition coefficient (Wildman–Crippen LogP) is 4.20. The van der Waals surface area contributed by atoms with Crippen LogP contribution in [0.3, 0.4) is 0 Å². The summed E-state index contributed by atoms with van der Waals surface area (Å²) in [4.78, 5) is 18.6. The minimum atomic E-state index is -0.214. The number of benzene rings is 1. The van der Waals surface area contributed by atoms with Crippen molar-refractivity contribution < 1.29 is 4.79 Å². The van der Waals surface area contributed by atoms with Crippen molar-refractivity contribution in [3.63, 3.8) is 0 Å². The molecule has 5 heteroatoms. The largest absolute Gasteiger partial charge is 0.324 e. The van der Waals surface area contributed by atoms with Crippen LogP contribution in [-0.4, -0.2) is 10.5 Å². The van der Waals surface area contributed by atoms with Gasteiger partial charge in [-0.05, 0) is 30.5 Å². The summed E-state index contributed by atoms with van der Waals surface area (Å²) < 4.78 is 2.87. The summed E-state index contributed by atoms with van der Waals surface area (Å²) in [6, 6.07) is 7.30. The second-order valence-corrected chi connectivity index (χ2v) is 7.93. The van der Waals surface area contributed by atoms with Gasteiger partial charge in [-0.1, -0.05) is 42.8 Å². The van der Waals surface area contributed by atoms with E-state index in [-0.39, 0.29) is 11.3 Å². The number of rotatable bonds is 1. The predicted molar refractivity (Wildman–Crippen MR) is 90.8 cm³/mol. The molecule has 1 aromatic heterocycles. The molecule has 3 nitrogen and oxygen atoms in total. The zero-order valence-corrected chi connectivity index (χ0v) is 15.3. The number of nitrogens with zero attached hydrogens (tertiary/aromatic N) is 2. The molecule has 2 rings (SSSR count). The zero-order chi connectivity index (χ0) is 15.8. The topological polar surface area (TPSA) is 34.4 Å². The Morgan fingerprint density at radius 3 is 2.52 bits per heavy atom. The second-order valence-electron chi connectivity index (χ2n) is 6.04. The molecule has 21 heavy (non-hydrogen) atoms. The minimum Gasteiger partial charge on any atom is -0.324 e. The second kappa shape index (κ2) is 5.89. The van der Waals surface area contributed by atoms with Crippen LogP contribution in [0.5, 0.6) is 0 Å².